The molecule has 1 amide bonds. The first-order chi connectivity index (χ1) is 10.2. The van der Waals surface area contributed by atoms with E-state index >= 15 is 0 Å². The molecule has 0 aliphatic carbocycles. The number of carbonyl (C=O) groups excluding carboxylic acids is 1. The maximum Gasteiger partial charge on any atom is 0.255 e. The average molecular weight is 318 g/mol. The molecule has 0 radical (unpaired) electrons. The van der Waals surface area contributed by atoms with E-state index in [0.29, 0.717) is 5.02 Å². The minimum Gasteiger partial charge on any atom is -0.322 e. The summed E-state index contributed by atoms with van der Waals surface area (Å²) >= 11 is 7.87. The van der Waals surface area contributed by atoms with Gasteiger partial charge in [0.2, 0.25) is 0 Å². The summed E-state index contributed by atoms with van der Waals surface area (Å²) in [6, 6.07) is 15.5. The fourth-order valence-electron chi connectivity index (χ4n) is 2.58. The Balaban J connectivity index is 1.91. The van der Waals surface area contributed by atoms with Gasteiger partial charge in [0.25, 0.3) is 5.91 Å². The summed E-state index contributed by atoms with van der Waals surface area (Å²) in [7, 11) is 0. The zero-order chi connectivity index (χ0) is 14.8. The number of hydrogen-bond donors (Lipinski definition) is 0. The van der Waals surface area contributed by atoms with Gasteiger partial charge in [0.1, 0.15) is 5.37 Å². The van der Waals surface area contributed by atoms with Gasteiger partial charge in [-0.05, 0) is 36.2 Å². The molecule has 4 heteroatoms. The van der Waals surface area contributed by atoms with Crippen molar-refractivity contribution in [3.8, 4) is 0 Å². The standard InChI is InChI=1S/C17H16ClNOS/c1-12-5-2-3-8-15(12)16(20)19-9-10-21-17(19)13-6-4-7-14(18)11-13/h2-8,11,17H,9-10H2,1H3. The van der Waals surface area contributed by atoms with Crippen LogP contribution in [-0.2, 0) is 0 Å². The third-order valence-corrected chi connectivity index (χ3v) is 5.16. The highest BCUT2D eigenvalue weighted by molar-refractivity contribution is 7.99. The van der Waals surface area contributed by atoms with E-state index in [1.54, 1.807) is 11.8 Å². The van der Waals surface area contributed by atoms with Crippen molar-refractivity contribution in [3.63, 3.8) is 0 Å². The first-order valence-corrected chi connectivity index (χ1v) is 8.33. The predicted octanol–water partition coefficient (Wildman–Crippen LogP) is 4.54. The van der Waals surface area contributed by atoms with Crippen LogP contribution in [-0.4, -0.2) is 23.1 Å². The van der Waals surface area contributed by atoms with Crippen LogP contribution in [0.15, 0.2) is 48.5 Å². The number of thioether (sulfide) groups is 1. The molecule has 2 aromatic carbocycles. The topological polar surface area (TPSA) is 20.3 Å². The van der Waals surface area contributed by atoms with E-state index in [4.69, 9.17) is 11.6 Å². The van der Waals surface area contributed by atoms with Crippen molar-refractivity contribution in [2.75, 3.05) is 12.3 Å². The molecule has 21 heavy (non-hydrogen) atoms. The van der Waals surface area contributed by atoms with Gasteiger partial charge in [-0.15, -0.1) is 11.8 Å². The van der Waals surface area contributed by atoms with Crippen LogP contribution in [0.1, 0.15) is 26.9 Å². The van der Waals surface area contributed by atoms with Crippen LogP contribution in [0.3, 0.4) is 0 Å². The second-order valence-corrected chi connectivity index (χ2v) is 6.72. The third kappa shape index (κ3) is 2.94. The number of amides is 1. The zero-order valence-electron chi connectivity index (χ0n) is 11.8. The molecule has 0 spiro atoms. The largest absolute Gasteiger partial charge is 0.322 e. The Labute approximate surface area is 134 Å². The second kappa shape index (κ2) is 6.12. The molecule has 1 atom stereocenters. The molecule has 1 fully saturated rings. The lowest BCUT2D eigenvalue weighted by atomic mass is 10.1. The smallest absolute Gasteiger partial charge is 0.255 e. The number of rotatable bonds is 2. The van der Waals surface area contributed by atoms with Crippen LogP contribution in [0.2, 0.25) is 5.02 Å². The van der Waals surface area contributed by atoms with E-state index in [1.165, 1.54) is 0 Å². The predicted molar refractivity (Wildman–Crippen MR) is 88.9 cm³/mol. The summed E-state index contributed by atoms with van der Waals surface area (Å²) in [4.78, 5) is 14.8. The monoisotopic (exact) mass is 317 g/mol. The van der Waals surface area contributed by atoms with Crippen molar-refractivity contribution in [2.45, 2.75) is 12.3 Å². The quantitative estimate of drug-likeness (QED) is 0.810. The lowest BCUT2D eigenvalue weighted by Gasteiger charge is -2.25. The molecule has 2 nitrogen and oxygen atoms in total. The SMILES string of the molecule is Cc1ccccc1C(=O)N1CCSC1c1cccc(Cl)c1. The Hall–Kier alpha value is -1.45. The Kier molecular flexibility index (Phi) is 4.22. The maximum atomic E-state index is 12.8. The number of carbonyl (C=O) groups is 1. The first kappa shape index (κ1) is 14.5. The zero-order valence-corrected chi connectivity index (χ0v) is 13.3. The van der Waals surface area contributed by atoms with E-state index < -0.39 is 0 Å². The second-order valence-electron chi connectivity index (χ2n) is 5.09. The number of nitrogens with zero attached hydrogens (tertiary/aromatic N) is 1. The van der Waals surface area contributed by atoms with Crippen molar-refractivity contribution in [2.24, 2.45) is 0 Å². The summed E-state index contributed by atoms with van der Waals surface area (Å²) in [5.74, 6) is 1.05. The molecule has 3 rings (SSSR count). The minimum atomic E-state index is 0.0517. The molecular weight excluding hydrogens is 302 g/mol. The molecule has 1 aliphatic heterocycles. The maximum absolute atomic E-state index is 12.8. The first-order valence-electron chi connectivity index (χ1n) is 6.90. The Morgan fingerprint density at radius 2 is 2.05 bits per heavy atom. The number of halogens is 1. The third-order valence-electron chi connectivity index (χ3n) is 3.66. The summed E-state index contributed by atoms with van der Waals surface area (Å²) < 4.78 is 0. The summed E-state index contributed by atoms with van der Waals surface area (Å²) in [5, 5.41) is 0.763. The van der Waals surface area contributed by atoms with Crippen molar-refractivity contribution >= 4 is 29.3 Å². The molecule has 108 valence electrons. The van der Waals surface area contributed by atoms with Crippen molar-refractivity contribution in [1.29, 1.82) is 0 Å². The average Bonchev–Trinajstić information content (AvgIpc) is 2.96. The lowest BCUT2D eigenvalue weighted by Crippen LogP contribution is -2.30. The summed E-state index contributed by atoms with van der Waals surface area (Å²) in [6.07, 6.45) is 0. The molecule has 1 unspecified atom stereocenters. The van der Waals surface area contributed by atoms with Gasteiger partial charge >= 0.3 is 0 Å². The van der Waals surface area contributed by atoms with Gasteiger partial charge in [-0.25, -0.2) is 0 Å². The lowest BCUT2D eigenvalue weighted by molar-refractivity contribution is 0.0759. The fourth-order valence-corrected chi connectivity index (χ4v) is 4.03. The summed E-state index contributed by atoms with van der Waals surface area (Å²) in [5.41, 5.74) is 2.89. The molecule has 1 aliphatic rings. The van der Waals surface area contributed by atoms with Crippen LogP contribution >= 0.6 is 23.4 Å². The molecule has 2 aromatic rings. The minimum absolute atomic E-state index is 0.0517. The normalized spacial score (nSPS) is 18.0. The van der Waals surface area contributed by atoms with Crippen LogP contribution in [0.25, 0.3) is 0 Å². The van der Waals surface area contributed by atoms with E-state index in [2.05, 4.69) is 0 Å². The highest BCUT2D eigenvalue weighted by Crippen LogP contribution is 2.39. The van der Waals surface area contributed by atoms with Crippen LogP contribution in [0.5, 0.6) is 0 Å². The van der Waals surface area contributed by atoms with E-state index in [0.717, 1.165) is 29.0 Å². The van der Waals surface area contributed by atoms with Gasteiger partial charge in [0.15, 0.2) is 0 Å². The number of aryl methyl sites for hydroxylation is 1. The molecule has 0 N–H and O–H groups in total. The van der Waals surface area contributed by atoms with Crippen molar-refractivity contribution in [3.05, 3.63) is 70.2 Å². The highest BCUT2D eigenvalue weighted by atomic mass is 35.5. The Bertz CT molecular complexity index is 673. The van der Waals surface area contributed by atoms with Gasteiger partial charge in [0, 0.05) is 22.9 Å². The van der Waals surface area contributed by atoms with Gasteiger partial charge in [0.05, 0.1) is 0 Å². The van der Waals surface area contributed by atoms with E-state index in [-0.39, 0.29) is 11.3 Å². The van der Waals surface area contributed by atoms with E-state index in [9.17, 15) is 4.79 Å². The van der Waals surface area contributed by atoms with Crippen LogP contribution < -0.4 is 0 Å². The molecular formula is C17H16ClNOS. The summed E-state index contributed by atoms with van der Waals surface area (Å²) in [6.45, 7) is 2.75. The van der Waals surface area contributed by atoms with Gasteiger partial charge in [-0.3, -0.25) is 4.79 Å². The molecule has 0 saturated carbocycles. The van der Waals surface area contributed by atoms with Crippen LogP contribution in [0, 0.1) is 6.92 Å². The molecule has 0 aromatic heterocycles. The highest BCUT2D eigenvalue weighted by Gasteiger charge is 2.31. The van der Waals surface area contributed by atoms with Crippen molar-refractivity contribution < 1.29 is 4.79 Å². The molecule has 1 saturated heterocycles. The van der Waals surface area contributed by atoms with Crippen molar-refractivity contribution in [1.82, 2.24) is 4.90 Å². The van der Waals surface area contributed by atoms with Gasteiger partial charge in [-0.2, -0.15) is 0 Å². The number of benzene rings is 2. The van der Waals surface area contributed by atoms with Gasteiger partial charge in [-0.1, -0.05) is 41.9 Å². The van der Waals surface area contributed by atoms with E-state index in [1.807, 2.05) is 60.4 Å². The Morgan fingerprint density at radius 3 is 2.81 bits per heavy atom. The fraction of sp³-hybridized carbons (Fsp3) is 0.235. The van der Waals surface area contributed by atoms with Gasteiger partial charge < -0.3 is 4.90 Å². The molecule has 1 heterocycles. The Morgan fingerprint density at radius 1 is 1.24 bits per heavy atom. The van der Waals surface area contributed by atoms with Crippen LogP contribution in [0.4, 0.5) is 0 Å². The number of hydrogen-bond acceptors (Lipinski definition) is 2. The molecule has 0 bridgehead atoms.